The number of hydrogen-bond donors (Lipinski definition) is 3. The summed E-state index contributed by atoms with van der Waals surface area (Å²) in [4.78, 5) is 72.2. The van der Waals surface area contributed by atoms with Crippen molar-refractivity contribution in [2.45, 2.75) is 361 Å². The second-order valence-electron chi connectivity index (χ2n) is 24.5. The molecule has 17 nitrogen and oxygen atoms in total. The molecular formula is C67H130O17P2. The number of hydrogen-bond acceptors (Lipinski definition) is 15. The lowest BCUT2D eigenvalue weighted by atomic mass is 9.99. The highest BCUT2D eigenvalue weighted by molar-refractivity contribution is 7.47. The predicted molar refractivity (Wildman–Crippen MR) is 345 cm³/mol. The Balaban J connectivity index is 5.17. The molecule has 0 bridgehead atoms. The van der Waals surface area contributed by atoms with Crippen LogP contribution in [0.15, 0.2) is 0 Å². The Morgan fingerprint density at radius 1 is 0.326 bits per heavy atom. The SMILES string of the molecule is CCCCCCCCCCCCCCC(=O)OC[C@H](COP(=O)(O)OC[C@@H](O)COP(=O)(O)OC[C@@H](COC(=O)CCCCCCCCC)OC(=O)CCCCCCCCCCC)OC(=O)CCCCCCCCCCCCCCCCC(C)CC. The highest BCUT2D eigenvalue weighted by Crippen LogP contribution is 2.45. The molecule has 86 heavy (non-hydrogen) atoms. The number of unbranched alkanes of at least 4 members (excludes halogenated alkanes) is 38. The number of carbonyl (C=O) groups excluding carboxylic acids is 4. The molecule has 0 spiro atoms. The standard InChI is InChI=1S/C67H130O17P2/c1-6-10-13-16-19-21-22-28-32-36-41-46-51-65(70)78-57-63(84-67(72)53-48-43-38-33-29-26-24-23-25-27-31-35-39-44-49-60(5)9-4)59-82-86(75,76)80-55-61(68)54-79-85(73,74)81-58-62(56-77-64(69)50-45-40-34-18-15-12-8-3)83-66(71)52-47-42-37-30-20-17-14-11-7-2/h60-63,68H,6-59H2,1-5H3,(H,73,74)(H,75,76)/t60?,61-,62+,63+/m0/s1. The molecule has 0 radical (unpaired) electrons. The summed E-state index contributed by atoms with van der Waals surface area (Å²) in [5, 5.41) is 10.5. The molecule has 0 fully saturated rings. The summed E-state index contributed by atoms with van der Waals surface area (Å²) < 4.78 is 68.0. The van der Waals surface area contributed by atoms with Crippen molar-refractivity contribution in [3.05, 3.63) is 0 Å². The van der Waals surface area contributed by atoms with Crippen molar-refractivity contribution in [2.75, 3.05) is 39.6 Å². The summed E-state index contributed by atoms with van der Waals surface area (Å²) in [6.45, 7) is 7.22. The van der Waals surface area contributed by atoms with Crippen LogP contribution in [-0.2, 0) is 65.4 Å². The van der Waals surface area contributed by atoms with E-state index in [1.54, 1.807) is 0 Å². The van der Waals surface area contributed by atoms with Gasteiger partial charge in [-0.05, 0) is 31.6 Å². The maximum atomic E-state index is 13.0. The van der Waals surface area contributed by atoms with Gasteiger partial charge in [0.2, 0.25) is 0 Å². The molecule has 0 aromatic carbocycles. The minimum atomic E-state index is -4.95. The van der Waals surface area contributed by atoms with Crippen LogP contribution in [0.25, 0.3) is 0 Å². The monoisotopic (exact) mass is 1270 g/mol. The maximum absolute atomic E-state index is 13.0. The molecule has 6 atom stereocenters. The van der Waals surface area contributed by atoms with Gasteiger partial charge in [-0.15, -0.1) is 0 Å². The van der Waals surface area contributed by atoms with Gasteiger partial charge in [0.1, 0.15) is 19.3 Å². The predicted octanol–water partition coefficient (Wildman–Crippen LogP) is 19.0. The van der Waals surface area contributed by atoms with Gasteiger partial charge in [-0.1, -0.05) is 291 Å². The minimum absolute atomic E-state index is 0.106. The minimum Gasteiger partial charge on any atom is -0.462 e. The van der Waals surface area contributed by atoms with Gasteiger partial charge in [-0.25, -0.2) is 9.13 Å². The third kappa shape index (κ3) is 59.7. The Bertz CT molecular complexity index is 1670. The van der Waals surface area contributed by atoms with Crippen molar-refractivity contribution >= 4 is 39.5 Å². The second-order valence-corrected chi connectivity index (χ2v) is 27.4. The fourth-order valence-corrected chi connectivity index (χ4v) is 11.7. The fraction of sp³-hybridized carbons (Fsp3) is 0.940. The van der Waals surface area contributed by atoms with Crippen LogP contribution in [0.1, 0.15) is 343 Å². The molecule has 0 aromatic rings. The smallest absolute Gasteiger partial charge is 0.462 e. The topological polar surface area (TPSA) is 237 Å². The summed E-state index contributed by atoms with van der Waals surface area (Å²) in [6.07, 6.45) is 45.8. The molecule has 0 heterocycles. The molecule has 0 amide bonds. The van der Waals surface area contributed by atoms with Crippen LogP contribution < -0.4 is 0 Å². The van der Waals surface area contributed by atoms with E-state index in [1.807, 2.05) is 0 Å². The van der Waals surface area contributed by atoms with Crippen LogP contribution in [0.5, 0.6) is 0 Å². The summed E-state index contributed by atoms with van der Waals surface area (Å²) in [7, 11) is -9.88. The number of phosphoric acid groups is 2. The van der Waals surface area contributed by atoms with E-state index in [9.17, 15) is 43.2 Å². The quantitative estimate of drug-likeness (QED) is 0.0222. The number of ether oxygens (including phenoxy) is 4. The number of carbonyl (C=O) groups is 4. The Kier molecular flexibility index (Phi) is 59.2. The van der Waals surface area contributed by atoms with Gasteiger partial charge >= 0.3 is 39.5 Å². The van der Waals surface area contributed by atoms with Gasteiger partial charge in [0.15, 0.2) is 12.2 Å². The highest BCUT2D eigenvalue weighted by atomic mass is 31.2. The molecule has 3 N–H and O–H groups in total. The number of aliphatic hydroxyl groups is 1. The molecule has 0 aliphatic heterocycles. The molecule has 0 aliphatic rings. The fourth-order valence-electron chi connectivity index (χ4n) is 10.1. The highest BCUT2D eigenvalue weighted by Gasteiger charge is 2.30. The average molecular weight is 1270 g/mol. The first kappa shape index (κ1) is 84.1. The molecule has 0 saturated heterocycles. The Hall–Kier alpha value is -1.94. The number of esters is 4. The molecule has 0 aromatic heterocycles. The molecule has 0 aliphatic carbocycles. The van der Waals surface area contributed by atoms with E-state index in [4.69, 9.17) is 37.0 Å². The molecule has 3 unspecified atom stereocenters. The molecular weight excluding hydrogens is 1140 g/mol. The van der Waals surface area contributed by atoms with Crippen LogP contribution in [0.2, 0.25) is 0 Å². The maximum Gasteiger partial charge on any atom is 0.472 e. The number of phosphoric ester groups is 2. The van der Waals surface area contributed by atoms with Crippen LogP contribution in [0, 0.1) is 5.92 Å². The van der Waals surface area contributed by atoms with E-state index in [2.05, 4.69) is 34.6 Å². The summed E-state index contributed by atoms with van der Waals surface area (Å²) in [5.74, 6) is -1.29. The van der Waals surface area contributed by atoms with Crippen LogP contribution in [-0.4, -0.2) is 96.7 Å². The van der Waals surface area contributed by atoms with Gasteiger partial charge in [0.05, 0.1) is 26.4 Å². The van der Waals surface area contributed by atoms with Crippen molar-refractivity contribution < 1.29 is 80.2 Å². The first-order valence-corrected chi connectivity index (χ1v) is 38.2. The van der Waals surface area contributed by atoms with E-state index < -0.39 is 97.5 Å². The Morgan fingerprint density at radius 3 is 0.826 bits per heavy atom. The summed E-state index contributed by atoms with van der Waals surface area (Å²) >= 11 is 0. The van der Waals surface area contributed by atoms with Gasteiger partial charge in [-0.3, -0.25) is 37.3 Å². The second kappa shape index (κ2) is 60.6. The lowest BCUT2D eigenvalue weighted by Gasteiger charge is -2.21. The third-order valence-electron chi connectivity index (χ3n) is 15.9. The molecule has 19 heteroatoms. The van der Waals surface area contributed by atoms with E-state index in [1.165, 1.54) is 154 Å². The first-order valence-electron chi connectivity index (χ1n) is 35.2. The van der Waals surface area contributed by atoms with Gasteiger partial charge in [0, 0.05) is 25.7 Å². The lowest BCUT2D eigenvalue weighted by Crippen LogP contribution is -2.30. The van der Waals surface area contributed by atoms with Crippen LogP contribution >= 0.6 is 15.6 Å². The Morgan fingerprint density at radius 2 is 0.558 bits per heavy atom. The van der Waals surface area contributed by atoms with Crippen molar-refractivity contribution in [1.82, 2.24) is 0 Å². The average Bonchev–Trinajstić information content (AvgIpc) is 3.65. The Labute approximate surface area is 524 Å². The van der Waals surface area contributed by atoms with Crippen molar-refractivity contribution in [2.24, 2.45) is 5.92 Å². The van der Waals surface area contributed by atoms with Crippen molar-refractivity contribution in [1.29, 1.82) is 0 Å². The zero-order valence-electron chi connectivity index (χ0n) is 55.4. The lowest BCUT2D eigenvalue weighted by molar-refractivity contribution is -0.161. The summed E-state index contributed by atoms with van der Waals surface area (Å²) in [5.41, 5.74) is 0. The van der Waals surface area contributed by atoms with Crippen molar-refractivity contribution in [3.8, 4) is 0 Å². The molecule has 0 saturated carbocycles. The largest absolute Gasteiger partial charge is 0.472 e. The third-order valence-corrected chi connectivity index (χ3v) is 17.8. The van der Waals surface area contributed by atoms with Gasteiger partial charge in [-0.2, -0.15) is 0 Å². The van der Waals surface area contributed by atoms with Crippen LogP contribution in [0.4, 0.5) is 0 Å². The number of aliphatic hydroxyl groups excluding tert-OH is 1. The molecule has 510 valence electrons. The summed E-state index contributed by atoms with van der Waals surface area (Å²) in [6, 6.07) is 0. The zero-order valence-corrected chi connectivity index (χ0v) is 57.2. The van der Waals surface area contributed by atoms with E-state index in [0.29, 0.717) is 25.7 Å². The normalized spacial score (nSPS) is 14.5. The van der Waals surface area contributed by atoms with E-state index >= 15 is 0 Å². The van der Waals surface area contributed by atoms with Gasteiger partial charge in [0.25, 0.3) is 0 Å². The number of rotatable bonds is 67. The van der Waals surface area contributed by atoms with Crippen LogP contribution in [0.3, 0.4) is 0 Å². The molecule has 0 rings (SSSR count). The van der Waals surface area contributed by atoms with Gasteiger partial charge < -0.3 is 33.8 Å². The van der Waals surface area contributed by atoms with E-state index in [-0.39, 0.29) is 25.7 Å². The van der Waals surface area contributed by atoms with Crippen molar-refractivity contribution in [3.63, 3.8) is 0 Å². The first-order chi connectivity index (χ1) is 41.6. The van der Waals surface area contributed by atoms with E-state index in [0.717, 1.165) is 109 Å². The zero-order chi connectivity index (χ0) is 63.5.